The second-order valence-electron chi connectivity index (χ2n) is 9.13. The van der Waals surface area contributed by atoms with Crippen molar-refractivity contribution >= 4 is 33.6 Å². The predicted molar refractivity (Wildman–Crippen MR) is 132 cm³/mol. The number of alkyl halides is 3. The largest absolute Gasteiger partial charge is 0.464 e. The molecule has 206 valence electrons. The van der Waals surface area contributed by atoms with Crippen LogP contribution < -0.4 is 15.5 Å². The Morgan fingerprint density at radius 2 is 1.61 bits per heavy atom. The maximum Gasteiger partial charge on any atom is 0.420 e. The van der Waals surface area contributed by atoms with Gasteiger partial charge >= 0.3 is 18.3 Å². The van der Waals surface area contributed by atoms with Crippen LogP contribution in [0.25, 0.3) is 0 Å². The molecule has 2 atom stereocenters. The molecule has 38 heavy (non-hydrogen) atoms. The van der Waals surface area contributed by atoms with Gasteiger partial charge in [-0.3, -0.25) is 4.79 Å². The van der Waals surface area contributed by atoms with Gasteiger partial charge in [0.2, 0.25) is 5.91 Å². The molecule has 4 amide bonds. The molecule has 1 fully saturated rings. The number of rotatable bonds is 7. The Kier molecular flexibility index (Phi) is 9.02. The minimum Gasteiger partial charge on any atom is -0.464 e. The van der Waals surface area contributed by atoms with Crippen molar-refractivity contribution in [3.8, 4) is 0 Å². The lowest BCUT2D eigenvalue weighted by atomic mass is 9.86. The van der Waals surface area contributed by atoms with Crippen LogP contribution in [0, 0.1) is 12.8 Å². The van der Waals surface area contributed by atoms with E-state index in [0.29, 0.717) is 25.0 Å². The van der Waals surface area contributed by atoms with Crippen molar-refractivity contribution < 1.29 is 41.1 Å². The van der Waals surface area contributed by atoms with Crippen LogP contribution in [0.2, 0.25) is 0 Å². The molecule has 0 heterocycles. The summed E-state index contributed by atoms with van der Waals surface area (Å²) in [5.74, 6) is -1.16. The first-order chi connectivity index (χ1) is 17.8. The van der Waals surface area contributed by atoms with Crippen LogP contribution in [-0.2, 0) is 20.8 Å². The van der Waals surface area contributed by atoms with Crippen molar-refractivity contribution in [2.24, 2.45) is 5.92 Å². The van der Waals surface area contributed by atoms with Crippen LogP contribution >= 0.6 is 0 Å². The van der Waals surface area contributed by atoms with E-state index in [4.69, 9.17) is 0 Å². The van der Waals surface area contributed by atoms with Gasteiger partial charge in [0.15, 0.2) is 9.84 Å². The molecule has 2 aromatic carbocycles. The molecule has 0 bridgehead atoms. The van der Waals surface area contributed by atoms with E-state index >= 15 is 0 Å². The van der Waals surface area contributed by atoms with E-state index in [1.807, 2.05) is 6.92 Å². The normalized spacial score (nSPS) is 17.9. The first-order valence-corrected chi connectivity index (χ1v) is 13.5. The Balaban J connectivity index is 1.61. The molecule has 0 aromatic heterocycles. The highest BCUT2D eigenvalue weighted by atomic mass is 32.2. The first kappa shape index (κ1) is 29.0. The number of nitrogens with one attached hydrogen (secondary N) is 2. The number of carbonyl (C=O) groups excluding carboxylic acids is 2. The van der Waals surface area contributed by atoms with Crippen molar-refractivity contribution in [1.29, 1.82) is 0 Å². The van der Waals surface area contributed by atoms with Crippen LogP contribution in [0.15, 0.2) is 53.4 Å². The third-order valence-corrected chi connectivity index (χ3v) is 8.17. The summed E-state index contributed by atoms with van der Waals surface area (Å²) in [5, 5.41) is 14.3. The minimum atomic E-state index is -4.64. The minimum absolute atomic E-state index is 0.159. The highest BCUT2D eigenvalue weighted by molar-refractivity contribution is 7.91. The number of nitrogens with zero attached hydrogens (tertiary/aromatic N) is 1. The standard InChI is InChI=1S/C25H28F3N3O6S/c1-16-6-12-20(13-7-16)38(36,37)15-17-4-2-3-5-21(17)30-22(32)14-29-23(33)31(24(34)35)19-10-8-18(9-11-19)25(26,27)28/h6-13,17,21H,2-5,14-15H2,1H3,(H,29,33)(H,30,32)(H,34,35)/t17-,21-/m0/s1. The highest BCUT2D eigenvalue weighted by Gasteiger charge is 2.33. The molecule has 0 unspecified atom stereocenters. The maximum atomic E-state index is 12.9. The van der Waals surface area contributed by atoms with E-state index in [0.717, 1.165) is 30.5 Å². The van der Waals surface area contributed by atoms with Gasteiger partial charge in [0, 0.05) is 6.04 Å². The molecule has 13 heteroatoms. The van der Waals surface area contributed by atoms with E-state index in [1.165, 1.54) is 0 Å². The lowest BCUT2D eigenvalue weighted by molar-refractivity contribution is -0.137. The Morgan fingerprint density at radius 1 is 1.00 bits per heavy atom. The molecule has 1 aliphatic carbocycles. The average molecular weight is 556 g/mol. The summed E-state index contributed by atoms with van der Waals surface area (Å²) >= 11 is 0. The molecule has 3 rings (SSSR count). The van der Waals surface area contributed by atoms with Gasteiger partial charge in [-0.1, -0.05) is 30.5 Å². The molecule has 0 saturated heterocycles. The topological polar surface area (TPSA) is 133 Å². The number of hydrogen-bond donors (Lipinski definition) is 3. The van der Waals surface area contributed by atoms with E-state index in [1.54, 1.807) is 24.3 Å². The van der Waals surface area contributed by atoms with Crippen LogP contribution in [0.3, 0.4) is 0 Å². The highest BCUT2D eigenvalue weighted by Crippen LogP contribution is 2.31. The number of imide groups is 1. The molecule has 1 saturated carbocycles. The number of halogens is 3. The van der Waals surface area contributed by atoms with Crippen molar-refractivity contribution in [3.63, 3.8) is 0 Å². The number of benzene rings is 2. The Hall–Kier alpha value is -3.61. The van der Waals surface area contributed by atoms with Crippen molar-refractivity contribution in [2.75, 3.05) is 17.2 Å². The van der Waals surface area contributed by atoms with Crippen LogP contribution in [-0.4, -0.2) is 49.9 Å². The van der Waals surface area contributed by atoms with Gasteiger partial charge in [-0.25, -0.2) is 18.0 Å². The number of aryl methyl sites for hydroxylation is 1. The summed E-state index contributed by atoms with van der Waals surface area (Å²) < 4.78 is 64.1. The zero-order chi connectivity index (χ0) is 28.1. The van der Waals surface area contributed by atoms with E-state index in [2.05, 4.69) is 10.6 Å². The van der Waals surface area contributed by atoms with Crippen LogP contribution in [0.5, 0.6) is 0 Å². The molecule has 0 spiro atoms. The summed E-state index contributed by atoms with van der Waals surface area (Å²) in [6.07, 6.45) is -3.68. The van der Waals surface area contributed by atoms with E-state index in [-0.39, 0.29) is 27.2 Å². The molecular formula is C25H28F3N3O6S. The third kappa shape index (κ3) is 7.46. The second-order valence-corrected chi connectivity index (χ2v) is 11.2. The van der Waals surface area contributed by atoms with Crippen LogP contribution in [0.1, 0.15) is 36.8 Å². The molecule has 3 N–H and O–H groups in total. The number of carboxylic acid groups (broad SMARTS) is 1. The van der Waals surface area contributed by atoms with E-state index in [9.17, 15) is 41.1 Å². The zero-order valence-electron chi connectivity index (χ0n) is 20.5. The van der Waals surface area contributed by atoms with Gasteiger partial charge in [-0.15, -0.1) is 0 Å². The molecule has 9 nitrogen and oxygen atoms in total. The van der Waals surface area contributed by atoms with Crippen molar-refractivity contribution in [2.45, 2.75) is 49.7 Å². The fraction of sp³-hybridized carbons (Fsp3) is 0.400. The smallest absolute Gasteiger partial charge is 0.420 e. The maximum absolute atomic E-state index is 12.9. The SMILES string of the molecule is Cc1ccc(S(=O)(=O)C[C@@H]2CCCC[C@@H]2NC(=O)CNC(=O)N(C(=O)O)c2ccc(C(F)(F)F)cc2)cc1. The number of hydrogen-bond acceptors (Lipinski definition) is 5. The van der Waals surface area contributed by atoms with Crippen LogP contribution in [0.4, 0.5) is 28.4 Å². The Morgan fingerprint density at radius 3 is 2.18 bits per heavy atom. The van der Waals surface area contributed by atoms with Gasteiger partial charge in [0.05, 0.1) is 28.4 Å². The Labute approximate surface area is 217 Å². The fourth-order valence-electron chi connectivity index (χ4n) is 4.33. The number of urea groups is 1. The zero-order valence-corrected chi connectivity index (χ0v) is 21.3. The predicted octanol–water partition coefficient (Wildman–Crippen LogP) is 4.36. The number of anilines is 1. The second kappa shape index (κ2) is 11.8. The molecular weight excluding hydrogens is 527 g/mol. The quantitative estimate of drug-likeness (QED) is 0.465. The lowest BCUT2D eigenvalue weighted by Crippen LogP contribution is -2.50. The summed E-state index contributed by atoms with van der Waals surface area (Å²) in [6, 6.07) is 7.76. The monoisotopic (exact) mass is 555 g/mol. The van der Waals surface area contributed by atoms with Gasteiger partial charge in [0.1, 0.15) is 0 Å². The van der Waals surface area contributed by atoms with Crippen molar-refractivity contribution in [1.82, 2.24) is 10.6 Å². The summed E-state index contributed by atoms with van der Waals surface area (Å²) in [7, 11) is -3.60. The summed E-state index contributed by atoms with van der Waals surface area (Å²) in [5.41, 5.74) is -0.427. The summed E-state index contributed by atoms with van der Waals surface area (Å²) in [6.45, 7) is 1.23. The number of carbonyl (C=O) groups is 3. The summed E-state index contributed by atoms with van der Waals surface area (Å²) in [4.78, 5) is 37.0. The number of amides is 4. The van der Waals surface area contributed by atoms with Gasteiger partial charge in [-0.05, 0) is 62.1 Å². The van der Waals surface area contributed by atoms with Gasteiger partial charge < -0.3 is 15.7 Å². The third-order valence-electron chi connectivity index (χ3n) is 6.32. The molecule has 1 aliphatic rings. The fourth-order valence-corrected chi connectivity index (χ4v) is 6.03. The first-order valence-electron chi connectivity index (χ1n) is 11.8. The Bertz CT molecular complexity index is 1260. The molecule has 0 radical (unpaired) electrons. The van der Waals surface area contributed by atoms with E-state index < -0.39 is 52.2 Å². The number of sulfone groups is 1. The molecule has 0 aliphatic heterocycles. The lowest BCUT2D eigenvalue weighted by Gasteiger charge is -2.32. The van der Waals surface area contributed by atoms with Gasteiger partial charge in [-0.2, -0.15) is 18.1 Å². The molecule has 2 aromatic rings. The van der Waals surface area contributed by atoms with Gasteiger partial charge in [0.25, 0.3) is 0 Å². The van der Waals surface area contributed by atoms with Crippen molar-refractivity contribution in [3.05, 3.63) is 59.7 Å². The average Bonchev–Trinajstić information content (AvgIpc) is 2.84.